The summed E-state index contributed by atoms with van der Waals surface area (Å²) in [6.07, 6.45) is 1.66. The molecule has 2 rings (SSSR count). The molecule has 0 saturated heterocycles. The van der Waals surface area contributed by atoms with Crippen LogP contribution in [0.2, 0.25) is 0 Å². The molecule has 0 aliphatic rings. The highest BCUT2D eigenvalue weighted by molar-refractivity contribution is 5.37. The summed E-state index contributed by atoms with van der Waals surface area (Å²) in [6.45, 7) is 2.69. The lowest BCUT2D eigenvalue weighted by Gasteiger charge is -2.11. The summed E-state index contributed by atoms with van der Waals surface area (Å²) in [7, 11) is 0. The van der Waals surface area contributed by atoms with Crippen molar-refractivity contribution in [3.8, 4) is 6.07 Å². The minimum Gasteiger partial charge on any atom is -0.468 e. The predicted molar refractivity (Wildman–Crippen MR) is 65.1 cm³/mol. The molecule has 0 bridgehead atoms. The zero-order chi connectivity index (χ0) is 12.1. The van der Waals surface area contributed by atoms with Gasteiger partial charge >= 0.3 is 0 Å². The van der Waals surface area contributed by atoms with Crippen LogP contribution in [0.15, 0.2) is 47.1 Å². The van der Waals surface area contributed by atoms with Crippen molar-refractivity contribution in [3.05, 3.63) is 59.5 Å². The van der Waals surface area contributed by atoms with Crippen molar-refractivity contribution in [1.29, 1.82) is 5.26 Å². The Morgan fingerprint density at radius 1 is 1.29 bits per heavy atom. The van der Waals surface area contributed by atoms with Gasteiger partial charge in [0.05, 0.1) is 23.9 Å². The van der Waals surface area contributed by atoms with E-state index in [9.17, 15) is 0 Å². The van der Waals surface area contributed by atoms with Crippen LogP contribution < -0.4 is 5.32 Å². The van der Waals surface area contributed by atoms with Gasteiger partial charge < -0.3 is 9.73 Å². The summed E-state index contributed by atoms with van der Waals surface area (Å²) < 4.78 is 5.31. The van der Waals surface area contributed by atoms with Crippen molar-refractivity contribution in [2.24, 2.45) is 0 Å². The van der Waals surface area contributed by atoms with Gasteiger partial charge in [-0.3, -0.25) is 0 Å². The summed E-state index contributed by atoms with van der Waals surface area (Å²) in [5.41, 5.74) is 1.72. The zero-order valence-electron chi connectivity index (χ0n) is 9.68. The second kappa shape index (κ2) is 5.33. The third kappa shape index (κ3) is 2.74. The number of hydrogen-bond donors (Lipinski definition) is 1. The van der Waals surface area contributed by atoms with Gasteiger partial charge in [0, 0.05) is 6.54 Å². The molecule has 0 radical (unpaired) electrons. The van der Waals surface area contributed by atoms with E-state index in [-0.39, 0.29) is 6.04 Å². The van der Waals surface area contributed by atoms with Crippen molar-refractivity contribution in [2.45, 2.75) is 19.5 Å². The molecule has 1 heterocycles. The third-order valence-electron chi connectivity index (χ3n) is 2.71. The van der Waals surface area contributed by atoms with Gasteiger partial charge in [0.25, 0.3) is 0 Å². The largest absolute Gasteiger partial charge is 0.468 e. The lowest BCUT2D eigenvalue weighted by atomic mass is 10.1. The van der Waals surface area contributed by atoms with Crippen molar-refractivity contribution < 1.29 is 4.42 Å². The first-order valence-electron chi connectivity index (χ1n) is 5.56. The van der Waals surface area contributed by atoms with Crippen LogP contribution in [-0.2, 0) is 6.54 Å². The molecule has 1 aromatic heterocycles. The second-order valence-corrected chi connectivity index (χ2v) is 3.89. The molecule has 0 aliphatic heterocycles. The molecule has 3 nitrogen and oxygen atoms in total. The summed E-state index contributed by atoms with van der Waals surface area (Å²) in [5, 5.41) is 12.3. The first-order chi connectivity index (χ1) is 8.31. The van der Waals surface area contributed by atoms with Gasteiger partial charge in [0.15, 0.2) is 0 Å². The molecule has 0 saturated carbocycles. The highest BCUT2D eigenvalue weighted by atomic mass is 16.3. The van der Waals surface area contributed by atoms with E-state index in [0.717, 1.165) is 11.3 Å². The molecular weight excluding hydrogens is 212 g/mol. The maximum absolute atomic E-state index is 8.97. The lowest BCUT2D eigenvalue weighted by molar-refractivity contribution is 0.430. The number of benzene rings is 1. The van der Waals surface area contributed by atoms with Crippen LogP contribution in [0.5, 0.6) is 0 Å². The van der Waals surface area contributed by atoms with Crippen molar-refractivity contribution in [2.75, 3.05) is 0 Å². The Morgan fingerprint density at radius 2 is 2.12 bits per heavy atom. The van der Waals surface area contributed by atoms with E-state index in [1.165, 1.54) is 0 Å². The Labute approximate surface area is 101 Å². The SMILES string of the molecule is C[C@H](NCc1ccccc1C#N)c1ccco1. The maximum Gasteiger partial charge on any atom is 0.120 e. The predicted octanol–water partition coefficient (Wildman–Crippen LogP) is 3.00. The quantitative estimate of drug-likeness (QED) is 0.871. The number of nitrogens with one attached hydrogen (secondary N) is 1. The average Bonchev–Trinajstić information content (AvgIpc) is 2.90. The highest BCUT2D eigenvalue weighted by Gasteiger charge is 2.08. The number of furan rings is 1. The van der Waals surface area contributed by atoms with E-state index in [1.54, 1.807) is 6.26 Å². The monoisotopic (exact) mass is 226 g/mol. The third-order valence-corrected chi connectivity index (χ3v) is 2.71. The molecule has 1 N–H and O–H groups in total. The molecule has 0 unspecified atom stereocenters. The Morgan fingerprint density at radius 3 is 2.82 bits per heavy atom. The Balaban J connectivity index is 2.01. The maximum atomic E-state index is 8.97. The van der Waals surface area contributed by atoms with Gasteiger partial charge in [-0.1, -0.05) is 18.2 Å². The van der Waals surface area contributed by atoms with Gasteiger partial charge in [-0.2, -0.15) is 5.26 Å². The number of hydrogen-bond acceptors (Lipinski definition) is 3. The van der Waals surface area contributed by atoms with Crippen LogP contribution in [0.4, 0.5) is 0 Å². The molecule has 3 heteroatoms. The summed E-state index contributed by atoms with van der Waals surface area (Å²) in [4.78, 5) is 0. The molecule has 0 amide bonds. The van der Waals surface area contributed by atoms with Crippen LogP contribution >= 0.6 is 0 Å². The first kappa shape index (κ1) is 11.4. The normalized spacial score (nSPS) is 12.0. The van der Waals surface area contributed by atoms with E-state index < -0.39 is 0 Å². The number of nitriles is 1. The van der Waals surface area contributed by atoms with Gasteiger partial charge in [-0.05, 0) is 30.7 Å². The second-order valence-electron chi connectivity index (χ2n) is 3.89. The van der Waals surface area contributed by atoms with E-state index in [0.29, 0.717) is 12.1 Å². The standard InChI is InChI=1S/C14H14N2O/c1-11(14-7-4-8-17-14)16-10-13-6-3-2-5-12(13)9-15/h2-8,11,16H,10H2,1H3/t11-/m0/s1. The van der Waals surface area contributed by atoms with Gasteiger partial charge in [-0.15, -0.1) is 0 Å². The molecule has 0 fully saturated rings. The molecule has 86 valence electrons. The van der Waals surface area contributed by atoms with E-state index >= 15 is 0 Å². The Kier molecular flexibility index (Phi) is 3.59. The Bertz CT molecular complexity index is 511. The van der Waals surface area contributed by atoms with Crippen LogP contribution in [0, 0.1) is 11.3 Å². The summed E-state index contributed by atoms with van der Waals surface area (Å²) in [5.74, 6) is 0.902. The van der Waals surface area contributed by atoms with Crippen LogP contribution in [0.3, 0.4) is 0 Å². The van der Waals surface area contributed by atoms with E-state index in [1.807, 2.05) is 43.3 Å². The van der Waals surface area contributed by atoms with E-state index in [4.69, 9.17) is 9.68 Å². The fourth-order valence-corrected chi connectivity index (χ4v) is 1.68. The molecule has 1 atom stereocenters. The molecule has 17 heavy (non-hydrogen) atoms. The van der Waals surface area contributed by atoms with Crippen molar-refractivity contribution >= 4 is 0 Å². The molecular formula is C14H14N2O. The Hall–Kier alpha value is -2.05. The van der Waals surface area contributed by atoms with Gasteiger partial charge in [0.2, 0.25) is 0 Å². The summed E-state index contributed by atoms with van der Waals surface area (Å²) in [6, 6.07) is 13.7. The van der Waals surface area contributed by atoms with Crippen molar-refractivity contribution in [3.63, 3.8) is 0 Å². The zero-order valence-corrected chi connectivity index (χ0v) is 9.68. The fourth-order valence-electron chi connectivity index (χ4n) is 1.68. The van der Waals surface area contributed by atoms with E-state index in [2.05, 4.69) is 11.4 Å². The minimum atomic E-state index is 0.136. The molecule has 2 aromatic rings. The van der Waals surface area contributed by atoms with Gasteiger partial charge in [-0.25, -0.2) is 0 Å². The molecule has 0 spiro atoms. The topological polar surface area (TPSA) is 49.0 Å². The minimum absolute atomic E-state index is 0.136. The summed E-state index contributed by atoms with van der Waals surface area (Å²) >= 11 is 0. The van der Waals surface area contributed by atoms with Gasteiger partial charge in [0.1, 0.15) is 5.76 Å². The van der Waals surface area contributed by atoms with Crippen LogP contribution in [0.25, 0.3) is 0 Å². The molecule has 1 aromatic carbocycles. The highest BCUT2D eigenvalue weighted by Crippen LogP contribution is 2.14. The average molecular weight is 226 g/mol. The fraction of sp³-hybridized carbons (Fsp3) is 0.214. The molecule has 0 aliphatic carbocycles. The van der Waals surface area contributed by atoms with Crippen LogP contribution in [0.1, 0.15) is 29.9 Å². The number of rotatable bonds is 4. The van der Waals surface area contributed by atoms with Crippen molar-refractivity contribution in [1.82, 2.24) is 5.32 Å². The lowest BCUT2D eigenvalue weighted by Crippen LogP contribution is -2.18. The van der Waals surface area contributed by atoms with Crippen LogP contribution in [-0.4, -0.2) is 0 Å². The smallest absolute Gasteiger partial charge is 0.120 e. The first-order valence-corrected chi connectivity index (χ1v) is 5.56. The number of nitrogens with zero attached hydrogens (tertiary/aromatic N) is 1.